The fraction of sp³-hybridized carbons (Fsp3) is 0.250. The van der Waals surface area contributed by atoms with Gasteiger partial charge in [-0.05, 0) is 29.2 Å². The third-order valence-electron chi connectivity index (χ3n) is 5.41. The number of hydrogen-bond donors (Lipinski definition) is 3. The highest BCUT2D eigenvalue weighted by molar-refractivity contribution is 7.11. The minimum atomic E-state index is -1.26. The van der Waals surface area contributed by atoms with Crippen LogP contribution in [0.5, 0.6) is 0 Å². The number of carboxylic acids is 1. The molecule has 0 fully saturated rings. The van der Waals surface area contributed by atoms with Gasteiger partial charge in [-0.25, -0.2) is 9.78 Å². The van der Waals surface area contributed by atoms with Crippen molar-refractivity contribution < 1.29 is 24.2 Å². The Balaban J connectivity index is 1.38. The summed E-state index contributed by atoms with van der Waals surface area (Å²) in [6.45, 7) is 2.12. The lowest BCUT2D eigenvalue weighted by Crippen LogP contribution is -2.48. The quantitative estimate of drug-likeness (QED) is 0.469. The van der Waals surface area contributed by atoms with Crippen LogP contribution in [-0.4, -0.2) is 40.7 Å². The van der Waals surface area contributed by atoms with E-state index in [0.29, 0.717) is 5.01 Å². The molecule has 33 heavy (non-hydrogen) atoms. The topological polar surface area (TPSA) is 118 Å². The molecular weight excluding hydrogens is 442 g/mol. The van der Waals surface area contributed by atoms with Crippen molar-refractivity contribution >= 4 is 29.3 Å². The highest BCUT2D eigenvalue weighted by Gasteiger charge is 2.30. The van der Waals surface area contributed by atoms with Crippen molar-refractivity contribution in [2.24, 2.45) is 0 Å². The van der Waals surface area contributed by atoms with Crippen molar-refractivity contribution in [3.8, 4) is 11.1 Å². The number of carboxylic acid groups (broad SMARTS) is 1. The number of aryl methyl sites for hydroxylation is 1. The summed E-state index contributed by atoms with van der Waals surface area (Å²) < 4.78 is 5.43. The highest BCUT2D eigenvalue weighted by Crippen LogP contribution is 2.44. The fourth-order valence-corrected chi connectivity index (χ4v) is 4.66. The number of ether oxygens (including phenoxy) is 1. The summed E-state index contributed by atoms with van der Waals surface area (Å²) in [4.78, 5) is 41.4. The Bertz CT molecular complexity index is 1150. The Morgan fingerprint density at radius 2 is 1.73 bits per heavy atom. The first-order valence-corrected chi connectivity index (χ1v) is 11.3. The Labute approximate surface area is 194 Å². The number of thiazole rings is 1. The number of nitrogens with zero attached hydrogens (tertiary/aromatic N) is 1. The maximum absolute atomic E-state index is 12.5. The molecule has 2 amide bonds. The largest absolute Gasteiger partial charge is 0.481 e. The van der Waals surface area contributed by atoms with Crippen LogP contribution < -0.4 is 10.6 Å². The molecular formula is C24H23N3O5S. The monoisotopic (exact) mass is 465 g/mol. The summed E-state index contributed by atoms with van der Waals surface area (Å²) in [7, 11) is 0. The van der Waals surface area contributed by atoms with Crippen molar-refractivity contribution in [3.05, 3.63) is 75.7 Å². The smallest absolute Gasteiger partial charge is 0.407 e. The summed E-state index contributed by atoms with van der Waals surface area (Å²) >= 11 is 1.43. The number of nitrogens with one attached hydrogen (secondary N) is 2. The SMILES string of the molecule is Cc1cnc(CNC(=O)C(CC(=O)O)NC(=O)OCC2c3ccccc3-c3ccccc32)s1. The van der Waals surface area contributed by atoms with Crippen LogP contribution >= 0.6 is 11.3 Å². The molecule has 0 bridgehead atoms. The predicted octanol–water partition coefficient (Wildman–Crippen LogP) is 3.45. The zero-order chi connectivity index (χ0) is 23.4. The number of aliphatic carboxylic acids is 1. The van der Waals surface area contributed by atoms with E-state index in [2.05, 4.69) is 15.6 Å². The normalized spacial score (nSPS) is 13.0. The van der Waals surface area contributed by atoms with E-state index in [9.17, 15) is 19.5 Å². The summed E-state index contributed by atoms with van der Waals surface area (Å²) in [5.41, 5.74) is 4.32. The van der Waals surface area contributed by atoms with E-state index in [4.69, 9.17) is 4.74 Å². The van der Waals surface area contributed by atoms with Crippen LogP contribution in [0.3, 0.4) is 0 Å². The van der Waals surface area contributed by atoms with Gasteiger partial charge in [0, 0.05) is 17.0 Å². The number of hydrogen-bond acceptors (Lipinski definition) is 6. The molecule has 3 aromatic rings. The van der Waals surface area contributed by atoms with Crippen LogP contribution in [0.1, 0.15) is 33.4 Å². The van der Waals surface area contributed by atoms with E-state index >= 15 is 0 Å². The minimum Gasteiger partial charge on any atom is -0.481 e. The van der Waals surface area contributed by atoms with Crippen molar-refractivity contribution in [2.45, 2.75) is 31.8 Å². The zero-order valence-electron chi connectivity index (χ0n) is 17.9. The summed E-state index contributed by atoms with van der Waals surface area (Å²) in [6, 6.07) is 14.6. The zero-order valence-corrected chi connectivity index (χ0v) is 18.7. The standard InChI is InChI=1S/C24H23N3O5S/c1-14-11-25-21(33-14)12-26-23(30)20(10-22(28)29)27-24(31)32-13-19-17-8-4-2-6-15(17)16-7-3-5-9-18(16)19/h2-9,11,19-20H,10,12-13H2,1H3,(H,26,30)(H,27,31)(H,28,29). The Hall–Kier alpha value is -3.72. The first-order chi connectivity index (χ1) is 15.9. The predicted molar refractivity (Wildman–Crippen MR) is 123 cm³/mol. The van der Waals surface area contributed by atoms with Crippen molar-refractivity contribution in [1.82, 2.24) is 15.6 Å². The van der Waals surface area contributed by atoms with Gasteiger partial charge >= 0.3 is 12.1 Å². The second-order valence-electron chi connectivity index (χ2n) is 7.70. The Kier molecular flexibility index (Phi) is 6.69. The van der Waals surface area contributed by atoms with Gasteiger partial charge in [-0.1, -0.05) is 48.5 Å². The molecule has 3 N–H and O–H groups in total. The van der Waals surface area contributed by atoms with Gasteiger partial charge in [-0.15, -0.1) is 11.3 Å². The lowest BCUT2D eigenvalue weighted by Gasteiger charge is -2.18. The van der Waals surface area contributed by atoms with Gasteiger partial charge in [0.25, 0.3) is 0 Å². The van der Waals surface area contributed by atoms with Gasteiger partial charge in [0.05, 0.1) is 13.0 Å². The first-order valence-electron chi connectivity index (χ1n) is 10.4. The molecule has 1 heterocycles. The second kappa shape index (κ2) is 9.83. The van der Waals surface area contributed by atoms with E-state index in [-0.39, 0.29) is 19.1 Å². The molecule has 0 aliphatic heterocycles. The molecule has 1 aromatic heterocycles. The van der Waals surface area contributed by atoms with E-state index in [1.54, 1.807) is 6.20 Å². The van der Waals surface area contributed by atoms with E-state index in [1.165, 1.54) is 11.3 Å². The number of carbonyl (C=O) groups excluding carboxylic acids is 2. The summed E-state index contributed by atoms with van der Waals surface area (Å²) in [5.74, 6) is -1.96. The van der Waals surface area contributed by atoms with Gasteiger partial charge in [-0.3, -0.25) is 9.59 Å². The average molecular weight is 466 g/mol. The molecule has 170 valence electrons. The number of carbonyl (C=O) groups is 3. The molecule has 2 aromatic carbocycles. The molecule has 1 atom stereocenters. The van der Waals surface area contributed by atoms with Crippen LogP contribution in [0.2, 0.25) is 0 Å². The molecule has 4 rings (SSSR count). The van der Waals surface area contributed by atoms with Crippen LogP contribution in [0.4, 0.5) is 4.79 Å². The third-order valence-corrected chi connectivity index (χ3v) is 6.33. The highest BCUT2D eigenvalue weighted by atomic mass is 32.1. The fourth-order valence-electron chi connectivity index (χ4n) is 3.94. The van der Waals surface area contributed by atoms with E-state index < -0.39 is 30.4 Å². The maximum Gasteiger partial charge on any atom is 0.407 e. The number of fused-ring (bicyclic) bond motifs is 3. The first kappa shape index (κ1) is 22.5. The number of rotatable bonds is 8. The van der Waals surface area contributed by atoms with Gasteiger partial charge in [0.1, 0.15) is 17.7 Å². The number of amides is 2. The molecule has 1 unspecified atom stereocenters. The molecule has 0 spiro atoms. The van der Waals surface area contributed by atoms with Crippen molar-refractivity contribution in [1.29, 1.82) is 0 Å². The lowest BCUT2D eigenvalue weighted by atomic mass is 9.98. The van der Waals surface area contributed by atoms with Crippen molar-refractivity contribution in [3.63, 3.8) is 0 Å². The summed E-state index contributed by atoms with van der Waals surface area (Å²) in [6.07, 6.45) is 0.284. The number of aromatic nitrogens is 1. The van der Waals surface area contributed by atoms with Crippen LogP contribution in [0.25, 0.3) is 11.1 Å². The molecule has 1 aliphatic carbocycles. The minimum absolute atomic E-state index is 0.0691. The summed E-state index contributed by atoms with van der Waals surface area (Å²) in [5, 5.41) is 14.9. The Morgan fingerprint density at radius 3 is 2.30 bits per heavy atom. The van der Waals surface area contributed by atoms with Crippen LogP contribution in [0, 0.1) is 6.92 Å². The van der Waals surface area contributed by atoms with Crippen molar-refractivity contribution in [2.75, 3.05) is 6.61 Å². The van der Waals surface area contributed by atoms with Gasteiger partial charge < -0.3 is 20.5 Å². The molecule has 1 aliphatic rings. The number of alkyl carbamates (subject to hydrolysis) is 1. The van der Waals surface area contributed by atoms with Gasteiger partial charge in [0.2, 0.25) is 5.91 Å². The second-order valence-corrected chi connectivity index (χ2v) is 9.02. The molecule has 0 saturated heterocycles. The Morgan fingerprint density at radius 1 is 1.09 bits per heavy atom. The molecule has 0 saturated carbocycles. The molecule has 0 radical (unpaired) electrons. The van der Waals surface area contributed by atoms with E-state index in [1.807, 2.05) is 55.5 Å². The molecule has 9 heteroatoms. The van der Waals surface area contributed by atoms with Gasteiger partial charge in [-0.2, -0.15) is 0 Å². The van der Waals surface area contributed by atoms with Gasteiger partial charge in [0.15, 0.2) is 0 Å². The van der Waals surface area contributed by atoms with Crippen LogP contribution in [0.15, 0.2) is 54.7 Å². The molecule has 8 nitrogen and oxygen atoms in total. The maximum atomic E-state index is 12.5. The third kappa shape index (κ3) is 5.20. The van der Waals surface area contributed by atoms with E-state index in [0.717, 1.165) is 27.1 Å². The van der Waals surface area contributed by atoms with Crippen LogP contribution in [-0.2, 0) is 20.9 Å². The lowest BCUT2D eigenvalue weighted by molar-refractivity contribution is -0.139. The number of benzene rings is 2. The average Bonchev–Trinajstić information content (AvgIpc) is 3.36.